The number of esters is 1. The predicted molar refractivity (Wildman–Crippen MR) is 288 cm³/mol. The molecule has 0 unspecified atom stereocenters. The number of carbonyl (C=O) groups is 10. The fourth-order valence-electron chi connectivity index (χ4n) is 10.7. The van der Waals surface area contributed by atoms with Gasteiger partial charge in [-0.1, -0.05) is 43.7 Å². The standard InChI is InChI=1S/C57H64FN9O15/c1-3-57(80)37-23-42-53-35(27-67(42)55(78)36(37)29-82-56(57)79)52-39(16-15-34-31(2)38(58)24-40(65-53)51(34)52)63-44(69)14-10-19-59-45(70)25-61-54(77)41(21-32-11-6-4-7-12-32)64-46(71)26-60-47(72)30-81-28-33(22-50(75)76)62-43(68)13-8-5-9-20-66-48(73)17-18-49(66)74/h4,6-7,11-12,17-18,23-24,33,39,41,80H,3,5,8-10,13-16,19-22,25-30H2,1-2H3,(H,59,70)(H,60,72)(H,61,77)(H,62,68)(H,63,69)(H,64,71)(H,75,76)/t33-,39-,41-,57-/m0/s1. The van der Waals surface area contributed by atoms with Gasteiger partial charge in [0.2, 0.25) is 35.4 Å². The number of halogens is 1. The number of fused-ring (bicyclic) bond motifs is 5. The number of carbonyl (C=O) groups excluding carboxylic acids is 9. The maximum Gasteiger partial charge on any atom is 0.343 e. The number of nitrogens with one attached hydrogen (secondary N) is 6. The fraction of sp³-hybridized carbons (Fsp3) is 0.439. The Balaban J connectivity index is 0.787. The van der Waals surface area contributed by atoms with E-state index in [1.54, 1.807) is 50.2 Å². The first-order valence-electron chi connectivity index (χ1n) is 27.1. The lowest BCUT2D eigenvalue weighted by molar-refractivity contribution is -0.172. The third-order valence-corrected chi connectivity index (χ3v) is 14.9. The van der Waals surface area contributed by atoms with Crippen LogP contribution in [-0.4, -0.2) is 135 Å². The second kappa shape index (κ2) is 26.3. The average Bonchev–Trinajstić information content (AvgIpc) is 3.50. The number of hydrogen-bond donors (Lipinski definition) is 8. The zero-order valence-corrected chi connectivity index (χ0v) is 45.3. The molecular formula is C57H64FN9O15. The van der Waals surface area contributed by atoms with Gasteiger partial charge in [0.15, 0.2) is 5.60 Å². The van der Waals surface area contributed by atoms with E-state index in [1.807, 2.05) is 0 Å². The number of aliphatic hydroxyl groups is 1. The van der Waals surface area contributed by atoms with E-state index in [0.29, 0.717) is 76.6 Å². The van der Waals surface area contributed by atoms with Gasteiger partial charge in [-0.25, -0.2) is 14.2 Å². The van der Waals surface area contributed by atoms with Crippen LogP contribution in [0.15, 0.2) is 59.4 Å². The van der Waals surface area contributed by atoms with Crippen molar-refractivity contribution in [3.8, 4) is 11.4 Å². The number of hydrogen-bond acceptors (Lipinski definition) is 15. The zero-order chi connectivity index (χ0) is 58.8. The number of pyridine rings is 2. The Hall–Kier alpha value is -8.71. The molecule has 0 bridgehead atoms. The number of cyclic esters (lactones) is 1. The van der Waals surface area contributed by atoms with E-state index < -0.39 is 115 Å². The van der Waals surface area contributed by atoms with Gasteiger partial charge in [-0.2, -0.15) is 0 Å². The molecule has 8 amide bonds. The van der Waals surface area contributed by atoms with Crippen molar-refractivity contribution in [3.05, 3.63) is 110 Å². The molecule has 82 heavy (non-hydrogen) atoms. The second-order valence-electron chi connectivity index (χ2n) is 20.6. The van der Waals surface area contributed by atoms with Crippen LogP contribution in [0.5, 0.6) is 0 Å². The summed E-state index contributed by atoms with van der Waals surface area (Å²) in [5.74, 6) is -6.93. The Morgan fingerprint density at radius 1 is 0.854 bits per heavy atom. The highest BCUT2D eigenvalue weighted by Crippen LogP contribution is 2.46. The van der Waals surface area contributed by atoms with Gasteiger partial charge in [0.05, 0.1) is 67.2 Å². The van der Waals surface area contributed by atoms with E-state index in [2.05, 4.69) is 31.9 Å². The van der Waals surface area contributed by atoms with Crippen LogP contribution in [-0.2, 0) is 89.0 Å². The number of benzene rings is 2. The SMILES string of the molecule is CC[C@@]1(O)C(=O)OCc2c1cc1n(c2=O)Cc2c-1nc1cc(F)c(C)c3c1c2[C@@H](NC(=O)CCCNC(=O)CNC(=O)[C@H](Cc1ccccc1)NC(=O)CNC(=O)COC[C@H](CC(=O)O)NC(=O)CCCCCN1C(=O)C=CC1=O)CC3. The third-order valence-electron chi connectivity index (χ3n) is 14.9. The Bertz CT molecular complexity index is 3310. The van der Waals surface area contributed by atoms with Crippen molar-refractivity contribution < 1.29 is 72.0 Å². The van der Waals surface area contributed by atoms with Crippen LogP contribution in [0, 0.1) is 12.7 Å². The largest absolute Gasteiger partial charge is 0.481 e. The molecule has 8 N–H and O–H groups in total. The molecule has 434 valence electrons. The topological polar surface area (TPSA) is 340 Å². The van der Waals surface area contributed by atoms with Gasteiger partial charge < -0.3 is 56.2 Å². The van der Waals surface area contributed by atoms with Crippen molar-refractivity contribution in [1.29, 1.82) is 0 Å². The summed E-state index contributed by atoms with van der Waals surface area (Å²) in [5.41, 5.74) is 2.00. The minimum atomic E-state index is -2.05. The summed E-state index contributed by atoms with van der Waals surface area (Å²) in [6, 6.07) is 8.88. The first-order valence-corrected chi connectivity index (χ1v) is 27.1. The van der Waals surface area contributed by atoms with E-state index >= 15 is 4.39 Å². The molecule has 5 heterocycles. The first-order chi connectivity index (χ1) is 39.3. The van der Waals surface area contributed by atoms with Crippen LogP contribution in [0.2, 0.25) is 0 Å². The summed E-state index contributed by atoms with van der Waals surface area (Å²) in [6.45, 7) is 1.31. The molecule has 0 saturated carbocycles. The van der Waals surface area contributed by atoms with Crippen molar-refractivity contribution in [1.82, 2.24) is 46.4 Å². The lowest BCUT2D eigenvalue weighted by Gasteiger charge is -2.31. The van der Waals surface area contributed by atoms with Crippen molar-refractivity contribution in [2.75, 3.05) is 39.4 Å². The number of carboxylic acid groups (broad SMARTS) is 1. The first kappa shape index (κ1) is 59.4. The molecular weight excluding hydrogens is 1070 g/mol. The molecule has 3 aliphatic heterocycles. The number of imide groups is 1. The summed E-state index contributed by atoms with van der Waals surface area (Å²) in [6.07, 6.45) is 4.32. The molecule has 24 nitrogen and oxygen atoms in total. The highest BCUT2D eigenvalue weighted by atomic mass is 19.1. The molecule has 1 aliphatic carbocycles. The van der Waals surface area contributed by atoms with Crippen LogP contribution in [0.25, 0.3) is 22.3 Å². The van der Waals surface area contributed by atoms with Crippen LogP contribution >= 0.6 is 0 Å². The van der Waals surface area contributed by atoms with Crippen molar-refractivity contribution >= 4 is 70.1 Å². The quantitative estimate of drug-likeness (QED) is 0.0206. The minimum Gasteiger partial charge on any atom is -0.481 e. The minimum absolute atomic E-state index is 0.0143. The Kier molecular flexibility index (Phi) is 19.0. The number of aryl methyl sites for hydroxylation is 1. The predicted octanol–water partition coefficient (Wildman–Crippen LogP) is 0.948. The van der Waals surface area contributed by atoms with Crippen LogP contribution in [0.1, 0.15) is 110 Å². The summed E-state index contributed by atoms with van der Waals surface area (Å²) in [7, 11) is 0. The van der Waals surface area contributed by atoms with Gasteiger partial charge in [0, 0.05) is 67.1 Å². The van der Waals surface area contributed by atoms with Gasteiger partial charge in [-0.05, 0) is 73.8 Å². The molecule has 2 aromatic heterocycles. The average molecular weight is 1130 g/mol. The maximum atomic E-state index is 15.4. The number of amides is 8. The number of ether oxygens (including phenoxy) is 2. The van der Waals surface area contributed by atoms with Crippen LogP contribution in [0.3, 0.4) is 0 Å². The highest BCUT2D eigenvalue weighted by Gasteiger charge is 2.46. The number of unbranched alkanes of at least 4 members (excludes halogenated alkanes) is 2. The Morgan fingerprint density at radius 3 is 2.32 bits per heavy atom. The second-order valence-corrected chi connectivity index (χ2v) is 20.6. The lowest BCUT2D eigenvalue weighted by atomic mass is 9.81. The summed E-state index contributed by atoms with van der Waals surface area (Å²) >= 11 is 0. The van der Waals surface area contributed by atoms with Crippen molar-refractivity contribution in [2.24, 2.45) is 0 Å². The Labute approximate surface area is 468 Å². The van der Waals surface area contributed by atoms with E-state index in [0.717, 1.165) is 10.5 Å². The van der Waals surface area contributed by atoms with Gasteiger partial charge in [0.1, 0.15) is 25.1 Å². The van der Waals surface area contributed by atoms with Crippen molar-refractivity contribution in [2.45, 2.75) is 121 Å². The number of rotatable bonds is 27. The van der Waals surface area contributed by atoms with Crippen molar-refractivity contribution in [3.63, 3.8) is 0 Å². The van der Waals surface area contributed by atoms with E-state index in [4.69, 9.17) is 14.5 Å². The molecule has 4 aromatic rings. The molecule has 2 aromatic carbocycles. The van der Waals surface area contributed by atoms with E-state index in [1.165, 1.54) is 22.8 Å². The molecule has 0 saturated heterocycles. The van der Waals surface area contributed by atoms with Crippen LogP contribution in [0.4, 0.5) is 4.39 Å². The van der Waals surface area contributed by atoms with Gasteiger partial charge in [0.25, 0.3) is 17.4 Å². The van der Waals surface area contributed by atoms with Gasteiger partial charge in [-0.15, -0.1) is 0 Å². The molecule has 4 aliphatic rings. The molecule has 0 radical (unpaired) electrons. The number of aliphatic carboxylic acids is 1. The molecule has 25 heteroatoms. The maximum absolute atomic E-state index is 15.4. The van der Waals surface area contributed by atoms with E-state index in [-0.39, 0.29) is 82.0 Å². The van der Waals surface area contributed by atoms with Gasteiger partial charge in [-0.3, -0.25) is 52.8 Å². The third kappa shape index (κ3) is 13.7. The van der Waals surface area contributed by atoms with Gasteiger partial charge >= 0.3 is 11.9 Å². The Morgan fingerprint density at radius 2 is 1.59 bits per heavy atom. The fourth-order valence-corrected chi connectivity index (χ4v) is 10.7. The molecule has 4 atom stereocenters. The number of nitrogens with zero attached hydrogens (tertiary/aromatic N) is 3. The number of aromatic nitrogens is 2. The normalized spacial score (nSPS) is 17.2. The van der Waals surface area contributed by atoms with Crippen LogP contribution < -0.4 is 37.5 Å². The summed E-state index contributed by atoms with van der Waals surface area (Å²) < 4.78 is 27.5. The molecule has 8 rings (SSSR count). The molecule has 0 fully saturated rings. The monoisotopic (exact) mass is 1130 g/mol. The molecule has 0 spiro atoms. The summed E-state index contributed by atoms with van der Waals surface area (Å²) in [4.78, 5) is 146. The summed E-state index contributed by atoms with van der Waals surface area (Å²) in [5, 5.41) is 37.2. The van der Waals surface area contributed by atoms with E-state index in [9.17, 15) is 63.0 Å². The zero-order valence-electron chi connectivity index (χ0n) is 45.3. The smallest absolute Gasteiger partial charge is 0.343 e. The highest BCUT2D eigenvalue weighted by molar-refractivity contribution is 6.12. The number of carboxylic acids is 1. The lowest BCUT2D eigenvalue weighted by Crippen LogP contribution is -2.52.